The van der Waals surface area contributed by atoms with Crippen molar-refractivity contribution in [3.05, 3.63) is 11.1 Å². The third kappa shape index (κ3) is 5.05. The molecule has 2 aliphatic rings. The van der Waals surface area contributed by atoms with Gasteiger partial charge in [-0.2, -0.15) is 0 Å². The van der Waals surface area contributed by atoms with Crippen LogP contribution in [0.4, 0.5) is 5.13 Å². The predicted molar refractivity (Wildman–Crippen MR) is 119 cm³/mol. The number of thiazole rings is 1. The van der Waals surface area contributed by atoms with Gasteiger partial charge in [0.15, 0.2) is 5.13 Å². The first-order valence-corrected chi connectivity index (χ1v) is 11.7. The van der Waals surface area contributed by atoms with Gasteiger partial charge in [-0.15, -0.1) is 11.3 Å². The van der Waals surface area contributed by atoms with Crippen LogP contribution in [0.25, 0.3) is 0 Å². The summed E-state index contributed by atoms with van der Waals surface area (Å²) in [5, 5.41) is 6.77. The first kappa shape index (κ1) is 21.5. The van der Waals surface area contributed by atoms with Crippen LogP contribution in [0.5, 0.6) is 0 Å². The molecule has 0 aliphatic carbocycles. The zero-order valence-corrected chi connectivity index (χ0v) is 19.0. The minimum atomic E-state index is 0. The Bertz CT molecular complexity index is 655. The molecule has 3 heterocycles. The summed E-state index contributed by atoms with van der Waals surface area (Å²) in [5.41, 5.74) is 1.13. The number of amides is 1. The molecule has 28 heavy (non-hydrogen) atoms. The van der Waals surface area contributed by atoms with E-state index >= 15 is 0 Å². The molecule has 6 nitrogen and oxygen atoms in total. The highest BCUT2D eigenvalue weighted by Gasteiger charge is 2.33. The fraction of sp³-hybridized carbons (Fsp3) is 0.810. The van der Waals surface area contributed by atoms with Crippen molar-refractivity contribution in [1.29, 1.82) is 0 Å². The van der Waals surface area contributed by atoms with Crippen LogP contribution in [0.1, 0.15) is 54.6 Å². The third-order valence-corrected chi connectivity index (χ3v) is 7.05. The number of hydrogen-bond acceptors (Lipinski definition) is 6. The molecule has 1 amide bonds. The first-order chi connectivity index (χ1) is 13.4. The van der Waals surface area contributed by atoms with Crippen LogP contribution in [0.15, 0.2) is 5.38 Å². The molecule has 2 saturated heterocycles. The summed E-state index contributed by atoms with van der Waals surface area (Å²) in [6, 6.07) is 1.25. The topological polar surface area (TPSA) is 51.7 Å². The third-order valence-electron chi connectivity index (χ3n) is 6.20. The summed E-state index contributed by atoms with van der Waals surface area (Å²) in [5.74, 6) is 0.337. The Kier molecular flexibility index (Phi) is 7.34. The summed E-state index contributed by atoms with van der Waals surface area (Å²) in [6.07, 6.45) is 2.60. The fourth-order valence-electron chi connectivity index (χ4n) is 4.47. The van der Waals surface area contributed by atoms with Crippen LogP contribution >= 0.6 is 11.3 Å². The second kappa shape index (κ2) is 9.55. The van der Waals surface area contributed by atoms with Crippen molar-refractivity contribution in [2.24, 2.45) is 5.92 Å². The molecular formula is C21H39N5OS. The number of likely N-dealkylation sites (tertiary alicyclic amines) is 1. The van der Waals surface area contributed by atoms with Gasteiger partial charge in [0.25, 0.3) is 0 Å². The van der Waals surface area contributed by atoms with E-state index in [9.17, 15) is 4.79 Å². The van der Waals surface area contributed by atoms with E-state index in [-0.39, 0.29) is 19.3 Å². The number of hydrogen-bond donors (Lipinski definition) is 1. The molecule has 0 aromatic carbocycles. The Morgan fingerprint density at radius 3 is 2.82 bits per heavy atom. The quantitative estimate of drug-likeness (QED) is 0.748. The molecule has 2 aliphatic heterocycles. The molecule has 0 saturated carbocycles. The van der Waals surface area contributed by atoms with Gasteiger partial charge in [-0.3, -0.25) is 14.6 Å². The molecule has 0 bridgehead atoms. The Hall–Kier alpha value is -1.18. The normalized spacial score (nSPS) is 26.9. The highest BCUT2D eigenvalue weighted by Crippen LogP contribution is 2.23. The van der Waals surface area contributed by atoms with Crippen LogP contribution in [0.3, 0.4) is 0 Å². The maximum Gasteiger partial charge on any atom is 0.225 e. The Morgan fingerprint density at radius 1 is 1.32 bits per heavy atom. The van der Waals surface area contributed by atoms with Crippen LogP contribution < -0.4 is 5.32 Å². The lowest BCUT2D eigenvalue weighted by Crippen LogP contribution is -2.58. The van der Waals surface area contributed by atoms with E-state index < -0.39 is 0 Å². The zero-order valence-electron chi connectivity index (χ0n) is 18.1. The highest BCUT2D eigenvalue weighted by atomic mass is 32.1. The molecule has 7 heteroatoms. The lowest BCUT2D eigenvalue weighted by Gasteiger charge is -2.44. The Balaban J connectivity index is 0.00000300. The summed E-state index contributed by atoms with van der Waals surface area (Å²) >= 11 is 1.71. The van der Waals surface area contributed by atoms with Gasteiger partial charge in [0.2, 0.25) is 5.91 Å². The average molecular weight is 410 g/mol. The van der Waals surface area contributed by atoms with Gasteiger partial charge in [0, 0.05) is 57.0 Å². The van der Waals surface area contributed by atoms with Crippen molar-refractivity contribution in [2.75, 3.05) is 38.0 Å². The first-order valence-electron chi connectivity index (χ1n) is 10.9. The number of aromatic nitrogens is 1. The number of piperazine rings is 1. The number of carbonyl (C=O) groups is 1. The van der Waals surface area contributed by atoms with Crippen molar-refractivity contribution in [3.8, 4) is 0 Å². The number of nitrogens with zero attached hydrogens (tertiary/aromatic N) is 4. The second-order valence-corrected chi connectivity index (χ2v) is 9.58. The predicted octanol–water partition coefficient (Wildman–Crippen LogP) is 3.36. The minimum Gasteiger partial charge on any atom is -0.360 e. The average Bonchev–Trinajstić information content (AvgIpc) is 3.30. The molecule has 2 fully saturated rings. The molecule has 1 N–H and O–H groups in total. The maximum absolute atomic E-state index is 12.4. The van der Waals surface area contributed by atoms with Gasteiger partial charge in [0.05, 0.1) is 5.69 Å². The maximum atomic E-state index is 12.4. The van der Waals surface area contributed by atoms with E-state index in [1.807, 2.05) is 13.8 Å². The summed E-state index contributed by atoms with van der Waals surface area (Å²) in [7, 11) is 0. The summed E-state index contributed by atoms with van der Waals surface area (Å²) in [6.45, 7) is 16.5. The van der Waals surface area contributed by atoms with Crippen molar-refractivity contribution >= 4 is 22.4 Å². The molecule has 1 aromatic rings. The Morgan fingerprint density at radius 2 is 2.11 bits per heavy atom. The Labute approximate surface area is 175 Å². The lowest BCUT2D eigenvalue weighted by atomic mass is 10.1. The molecule has 160 valence electrons. The monoisotopic (exact) mass is 409 g/mol. The number of carbonyl (C=O) groups excluding carboxylic acids is 1. The molecule has 0 radical (unpaired) electrons. The molecule has 0 spiro atoms. The number of rotatable bonds is 7. The van der Waals surface area contributed by atoms with E-state index in [0.717, 1.165) is 43.5 Å². The van der Waals surface area contributed by atoms with Crippen LogP contribution in [0.2, 0.25) is 0 Å². The van der Waals surface area contributed by atoms with E-state index in [0.29, 0.717) is 12.1 Å². The van der Waals surface area contributed by atoms with Crippen LogP contribution in [-0.2, 0) is 11.3 Å². The molecule has 3 rings (SSSR count). The van der Waals surface area contributed by atoms with Crippen molar-refractivity contribution < 1.29 is 6.22 Å². The van der Waals surface area contributed by atoms with Gasteiger partial charge in [-0.1, -0.05) is 20.8 Å². The largest absolute Gasteiger partial charge is 0.360 e. The lowest BCUT2D eigenvalue weighted by molar-refractivity contribution is -0.140. The van der Waals surface area contributed by atoms with Crippen molar-refractivity contribution in [1.82, 2.24) is 19.7 Å². The van der Waals surface area contributed by atoms with Crippen molar-refractivity contribution in [3.63, 3.8) is 0 Å². The van der Waals surface area contributed by atoms with E-state index in [1.165, 1.54) is 19.4 Å². The number of anilines is 1. The second-order valence-electron chi connectivity index (χ2n) is 8.72. The molecular weight excluding hydrogens is 370 g/mol. The van der Waals surface area contributed by atoms with Crippen molar-refractivity contribution in [2.45, 2.75) is 72.1 Å². The molecule has 3 atom stereocenters. The molecule has 0 unspecified atom stereocenters. The fourth-order valence-corrected chi connectivity index (χ4v) is 5.19. The summed E-state index contributed by atoms with van der Waals surface area (Å²) in [4.78, 5) is 24.3. The van der Waals surface area contributed by atoms with E-state index in [1.54, 1.807) is 11.3 Å². The number of likely N-dealkylation sites (N-methyl/N-ethyl adjacent to an activating group) is 1. The van der Waals surface area contributed by atoms with Crippen LogP contribution in [0, 0.1) is 5.92 Å². The smallest absolute Gasteiger partial charge is 0.225 e. The summed E-state index contributed by atoms with van der Waals surface area (Å²) < 4.78 is 0. The van der Waals surface area contributed by atoms with Gasteiger partial charge < -0.3 is 10.2 Å². The standard InChI is InChI=1S/C21H37N5OS.H2/c1-6-24-9-7-8-19(24)10-22-21-23-18(14-28-21)13-25-11-17(5)26(12-16(25)4)20(27)15(2)3;/h14-17,19H,6-13H2,1-5H3,(H,22,23);1H/t16-,17-,19+;/m1./s1. The van der Waals surface area contributed by atoms with Gasteiger partial charge in [-0.25, -0.2) is 4.98 Å². The van der Waals surface area contributed by atoms with E-state index in [4.69, 9.17) is 4.98 Å². The van der Waals surface area contributed by atoms with Gasteiger partial charge >= 0.3 is 0 Å². The number of nitrogens with one attached hydrogen (secondary N) is 1. The van der Waals surface area contributed by atoms with E-state index in [2.05, 4.69) is 46.2 Å². The van der Waals surface area contributed by atoms with Gasteiger partial charge in [-0.05, 0) is 39.8 Å². The SMILES string of the molecule is CCN1CCC[C@H]1CNc1nc(CN2C[C@@H](C)N(C(=O)C(C)C)C[C@H]2C)cs1.[HH]. The van der Waals surface area contributed by atoms with Crippen LogP contribution in [-0.4, -0.2) is 76.4 Å². The zero-order chi connectivity index (χ0) is 20.3. The minimum absolute atomic E-state index is 0. The molecule has 1 aromatic heterocycles. The highest BCUT2D eigenvalue weighted by molar-refractivity contribution is 7.13. The van der Waals surface area contributed by atoms with Gasteiger partial charge in [0.1, 0.15) is 0 Å².